The van der Waals surface area contributed by atoms with Crippen molar-refractivity contribution in [3.05, 3.63) is 5.69 Å². The van der Waals surface area contributed by atoms with Crippen LogP contribution < -0.4 is 11.1 Å². The summed E-state index contributed by atoms with van der Waals surface area (Å²) in [6, 6.07) is 0. The number of aryl methyl sites for hydroxylation is 1. The number of rotatable bonds is 2. The van der Waals surface area contributed by atoms with Crippen molar-refractivity contribution in [3.63, 3.8) is 0 Å². The zero-order chi connectivity index (χ0) is 13.4. The summed E-state index contributed by atoms with van der Waals surface area (Å²) >= 11 is 0. The summed E-state index contributed by atoms with van der Waals surface area (Å²) in [7, 11) is 0. The molecular weight excluding hydrogens is 251 g/mol. The van der Waals surface area contributed by atoms with Crippen LogP contribution in [0, 0.1) is 6.92 Å². The molecule has 1 amide bonds. The summed E-state index contributed by atoms with van der Waals surface area (Å²) in [5.41, 5.74) is 5.29. The summed E-state index contributed by atoms with van der Waals surface area (Å²) < 4.78 is 60.5. The van der Waals surface area contributed by atoms with Crippen LogP contribution in [0.2, 0.25) is 0 Å². The number of nitrogens with two attached hydrogens (primary N) is 1. The van der Waals surface area contributed by atoms with Crippen LogP contribution in [0.5, 0.6) is 0 Å². The molecule has 0 aliphatic rings. The topological polar surface area (TPSA) is 83.8 Å². The van der Waals surface area contributed by atoms with Gasteiger partial charge >= 0.3 is 18.0 Å². The number of aromatic amines is 1. The van der Waals surface area contributed by atoms with Gasteiger partial charge in [-0.1, -0.05) is 0 Å². The average molecular weight is 258 g/mol. The lowest BCUT2D eigenvalue weighted by Crippen LogP contribution is -2.47. The molecule has 0 saturated carbocycles. The summed E-state index contributed by atoms with van der Waals surface area (Å²) in [6.07, 6.45) is -5.98. The van der Waals surface area contributed by atoms with Crippen LogP contribution in [-0.2, 0) is 4.79 Å². The molecule has 96 valence electrons. The third-order valence-corrected chi connectivity index (χ3v) is 1.87. The van der Waals surface area contributed by atoms with E-state index in [-0.39, 0.29) is 11.4 Å². The third-order valence-electron chi connectivity index (χ3n) is 1.87. The molecule has 0 radical (unpaired) electrons. The van der Waals surface area contributed by atoms with Crippen molar-refractivity contribution < 1.29 is 26.7 Å². The van der Waals surface area contributed by atoms with Crippen molar-refractivity contribution in [1.29, 1.82) is 0 Å². The number of anilines is 2. The molecule has 10 heteroatoms. The van der Waals surface area contributed by atoms with Crippen molar-refractivity contribution >= 4 is 17.4 Å². The van der Waals surface area contributed by atoms with Crippen LogP contribution in [0.25, 0.3) is 0 Å². The number of alkyl halides is 5. The molecule has 0 fully saturated rings. The average Bonchev–Trinajstić information content (AvgIpc) is 2.47. The number of amides is 1. The van der Waals surface area contributed by atoms with Gasteiger partial charge in [0.1, 0.15) is 0 Å². The molecule has 1 rings (SSSR count). The molecule has 0 unspecified atom stereocenters. The normalized spacial score (nSPS) is 12.6. The van der Waals surface area contributed by atoms with Gasteiger partial charge in [-0.2, -0.15) is 27.1 Å². The van der Waals surface area contributed by atoms with Gasteiger partial charge in [-0.3, -0.25) is 9.89 Å². The Hall–Kier alpha value is -1.87. The third kappa shape index (κ3) is 2.29. The Morgan fingerprint density at radius 3 is 2.24 bits per heavy atom. The van der Waals surface area contributed by atoms with E-state index in [2.05, 4.69) is 10.2 Å². The van der Waals surface area contributed by atoms with Crippen molar-refractivity contribution in [1.82, 2.24) is 10.2 Å². The minimum absolute atomic E-state index is 0.212. The van der Waals surface area contributed by atoms with Crippen molar-refractivity contribution in [2.75, 3.05) is 11.1 Å². The molecular formula is C7H7F5N4O. The Morgan fingerprint density at radius 2 is 1.88 bits per heavy atom. The van der Waals surface area contributed by atoms with E-state index in [1.165, 1.54) is 12.2 Å². The molecule has 1 aromatic rings. The van der Waals surface area contributed by atoms with Crippen molar-refractivity contribution in [3.8, 4) is 0 Å². The number of carbonyl (C=O) groups is 1. The van der Waals surface area contributed by atoms with E-state index >= 15 is 0 Å². The number of nitrogen functional groups attached to an aromatic ring is 1. The highest BCUT2D eigenvalue weighted by molar-refractivity contribution is 5.98. The summed E-state index contributed by atoms with van der Waals surface area (Å²) in [5.74, 6) is -8.62. The second kappa shape index (κ2) is 3.86. The summed E-state index contributed by atoms with van der Waals surface area (Å²) in [4.78, 5) is 10.8. The van der Waals surface area contributed by atoms with Crippen LogP contribution in [0.1, 0.15) is 5.69 Å². The molecule has 0 aliphatic carbocycles. The number of hydrogen-bond acceptors (Lipinski definition) is 3. The van der Waals surface area contributed by atoms with Gasteiger partial charge in [0.2, 0.25) is 0 Å². The number of hydrogen-bond donors (Lipinski definition) is 3. The first kappa shape index (κ1) is 13.2. The lowest BCUT2D eigenvalue weighted by Gasteiger charge is -2.17. The van der Waals surface area contributed by atoms with Crippen LogP contribution in [0.3, 0.4) is 0 Å². The first-order chi connectivity index (χ1) is 7.57. The van der Waals surface area contributed by atoms with Crippen molar-refractivity contribution in [2.24, 2.45) is 0 Å². The number of nitrogens with zero attached hydrogens (tertiary/aromatic N) is 1. The standard InChI is InChI=1S/C7H7F5N4O/c1-2-3(13)4(16-15-2)14-5(17)6(8,9)7(10,11)12/h13H2,1H3,(H2,14,15,16,17). The minimum Gasteiger partial charge on any atom is -0.394 e. The Bertz CT molecular complexity index is 438. The molecule has 0 spiro atoms. The van der Waals surface area contributed by atoms with Crippen LogP contribution in [0.15, 0.2) is 0 Å². The SMILES string of the molecule is Cc1[nH]nc(NC(=O)C(F)(F)C(F)(F)F)c1N. The highest BCUT2D eigenvalue weighted by Gasteiger charge is 2.63. The Kier molecular flexibility index (Phi) is 2.99. The largest absolute Gasteiger partial charge is 0.463 e. The van der Waals surface area contributed by atoms with Gasteiger partial charge in [0.15, 0.2) is 5.82 Å². The minimum atomic E-state index is -5.98. The predicted octanol–water partition coefficient (Wildman–Crippen LogP) is 1.44. The predicted molar refractivity (Wildman–Crippen MR) is 47.4 cm³/mol. The quantitative estimate of drug-likeness (QED) is 0.702. The number of halogens is 5. The molecule has 0 bridgehead atoms. The van der Waals surface area contributed by atoms with E-state index in [1.54, 1.807) is 0 Å². The molecule has 4 N–H and O–H groups in total. The molecule has 5 nitrogen and oxygen atoms in total. The van der Waals surface area contributed by atoms with Gasteiger partial charge in [-0.15, -0.1) is 0 Å². The van der Waals surface area contributed by atoms with Crippen LogP contribution >= 0.6 is 0 Å². The molecule has 17 heavy (non-hydrogen) atoms. The fourth-order valence-corrected chi connectivity index (χ4v) is 0.848. The lowest BCUT2D eigenvalue weighted by atomic mass is 10.3. The number of nitrogens with one attached hydrogen (secondary N) is 2. The van der Waals surface area contributed by atoms with Gasteiger partial charge < -0.3 is 11.1 Å². The Labute approximate surface area is 91.2 Å². The number of H-pyrrole nitrogens is 1. The molecule has 0 aromatic carbocycles. The first-order valence-corrected chi connectivity index (χ1v) is 4.13. The van der Waals surface area contributed by atoms with Gasteiger partial charge in [-0.25, -0.2) is 0 Å². The second-order valence-corrected chi connectivity index (χ2v) is 3.14. The van der Waals surface area contributed by atoms with Crippen LogP contribution in [-0.4, -0.2) is 28.2 Å². The maximum atomic E-state index is 12.5. The lowest BCUT2D eigenvalue weighted by molar-refractivity contribution is -0.267. The van der Waals surface area contributed by atoms with E-state index in [1.807, 2.05) is 0 Å². The highest BCUT2D eigenvalue weighted by Crippen LogP contribution is 2.36. The first-order valence-electron chi connectivity index (χ1n) is 4.13. The van der Waals surface area contributed by atoms with E-state index in [4.69, 9.17) is 5.73 Å². The monoisotopic (exact) mass is 258 g/mol. The van der Waals surface area contributed by atoms with Gasteiger partial charge in [-0.05, 0) is 6.92 Å². The van der Waals surface area contributed by atoms with Gasteiger partial charge in [0.25, 0.3) is 0 Å². The Morgan fingerprint density at radius 1 is 1.35 bits per heavy atom. The van der Waals surface area contributed by atoms with Crippen LogP contribution in [0.4, 0.5) is 33.5 Å². The fraction of sp³-hybridized carbons (Fsp3) is 0.429. The smallest absolute Gasteiger partial charge is 0.394 e. The van der Waals surface area contributed by atoms with E-state index in [9.17, 15) is 26.7 Å². The highest BCUT2D eigenvalue weighted by atomic mass is 19.4. The van der Waals surface area contributed by atoms with Gasteiger partial charge in [0, 0.05) is 0 Å². The molecule has 1 aromatic heterocycles. The zero-order valence-electron chi connectivity index (χ0n) is 8.32. The van der Waals surface area contributed by atoms with Crippen molar-refractivity contribution in [2.45, 2.75) is 19.0 Å². The molecule has 0 saturated heterocycles. The Balaban J connectivity index is 2.91. The number of aromatic nitrogens is 2. The molecule has 0 atom stereocenters. The van der Waals surface area contributed by atoms with E-state index < -0.39 is 23.8 Å². The summed E-state index contributed by atoms with van der Waals surface area (Å²) in [6.45, 7) is 1.40. The summed E-state index contributed by atoms with van der Waals surface area (Å²) in [5, 5.41) is 6.79. The second-order valence-electron chi connectivity index (χ2n) is 3.14. The van der Waals surface area contributed by atoms with Gasteiger partial charge in [0.05, 0.1) is 11.4 Å². The number of carbonyl (C=O) groups excluding carboxylic acids is 1. The van der Waals surface area contributed by atoms with E-state index in [0.29, 0.717) is 0 Å². The molecule has 1 heterocycles. The maximum absolute atomic E-state index is 12.5. The zero-order valence-corrected chi connectivity index (χ0v) is 8.32. The molecule has 0 aliphatic heterocycles. The maximum Gasteiger partial charge on any atom is 0.463 e. The fourth-order valence-electron chi connectivity index (χ4n) is 0.848. The van der Waals surface area contributed by atoms with E-state index in [0.717, 1.165) is 0 Å².